The molecular weight excluding hydrogens is 344 g/mol. The maximum Gasteiger partial charge on any atom is 0.339 e. The molecule has 7 nitrogen and oxygen atoms in total. The minimum atomic E-state index is -0.955. The van der Waals surface area contributed by atoms with E-state index < -0.39 is 18.0 Å². The topological polar surface area (TPSA) is 86.1 Å². The number of para-hydroxylation sites is 1. The number of benzene rings is 1. The molecule has 0 unspecified atom stereocenters. The molecule has 7 heteroatoms. The fraction of sp³-hybridized carbons (Fsp3) is 0.300. The lowest BCUT2D eigenvalue weighted by Gasteiger charge is -2.15. The molecule has 0 saturated heterocycles. The molecule has 1 aromatic carbocycles. The fourth-order valence-corrected chi connectivity index (χ4v) is 2.93. The summed E-state index contributed by atoms with van der Waals surface area (Å²) in [4.78, 5) is 29.6. The van der Waals surface area contributed by atoms with E-state index in [0.717, 1.165) is 5.69 Å². The van der Waals surface area contributed by atoms with Crippen LogP contribution in [0.3, 0.4) is 0 Å². The van der Waals surface area contributed by atoms with Gasteiger partial charge in [0.05, 0.1) is 28.2 Å². The van der Waals surface area contributed by atoms with Crippen LogP contribution in [0.2, 0.25) is 0 Å². The van der Waals surface area contributed by atoms with Gasteiger partial charge in [-0.15, -0.1) is 0 Å². The number of ether oxygens (including phenoxy) is 1. The Morgan fingerprint density at radius 2 is 1.89 bits per heavy atom. The number of hydrogen-bond acceptors (Lipinski definition) is 5. The Labute approximate surface area is 157 Å². The molecule has 0 bridgehead atoms. The van der Waals surface area contributed by atoms with Crippen LogP contribution in [0.15, 0.2) is 30.3 Å². The van der Waals surface area contributed by atoms with E-state index in [1.165, 1.54) is 0 Å². The van der Waals surface area contributed by atoms with E-state index in [-0.39, 0.29) is 0 Å². The predicted octanol–water partition coefficient (Wildman–Crippen LogP) is 3.08. The average molecular weight is 366 g/mol. The van der Waals surface area contributed by atoms with Crippen LogP contribution < -0.4 is 5.32 Å². The lowest BCUT2D eigenvalue weighted by atomic mass is 10.1. The van der Waals surface area contributed by atoms with Gasteiger partial charge in [0.15, 0.2) is 6.10 Å². The number of aromatic nitrogens is 3. The van der Waals surface area contributed by atoms with Crippen molar-refractivity contribution >= 4 is 28.5 Å². The summed E-state index contributed by atoms with van der Waals surface area (Å²) in [5.74, 6) is -0.961. The molecule has 1 atom stereocenters. The first-order chi connectivity index (χ1) is 12.8. The van der Waals surface area contributed by atoms with Crippen molar-refractivity contribution in [1.29, 1.82) is 0 Å². The number of nitrogens with one attached hydrogen (secondary N) is 1. The van der Waals surface area contributed by atoms with E-state index in [9.17, 15) is 9.59 Å². The lowest BCUT2D eigenvalue weighted by molar-refractivity contribution is -0.123. The summed E-state index contributed by atoms with van der Waals surface area (Å²) in [6.45, 7) is 7.03. The highest BCUT2D eigenvalue weighted by Crippen LogP contribution is 2.21. The zero-order chi connectivity index (χ0) is 19.7. The monoisotopic (exact) mass is 366 g/mol. The number of anilines is 1. The minimum Gasteiger partial charge on any atom is -0.449 e. The molecule has 0 aliphatic carbocycles. The number of carbonyl (C=O) groups excluding carboxylic acids is 2. The van der Waals surface area contributed by atoms with E-state index in [4.69, 9.17) is 4.74 Å². The predicted molar refractivity (Wildman–Crippen MR) is 103 cm³/mol. The summed E-state index contributed by atoms with van der Waals surface area (Å²) >= 11 is 0. The van der Waals surface area contributed by atoms with E-state index >= 15 is 0 Å². The van der Waals surface area contributed by atoms with Crippen LogP contribution in [-0.4, -0.2) is 32.7 Å². The third-order valence-corrected chi connectivity index (χ3v) is 4.47. The first kappa shape index (κ1) is 18.6. The Kier molecular flexibility index (Phi) is 4.94. The van der Waals surface area contributed by atoms with Gasteiger partial charge in [0, 0.05) is 18.1 Å². The number of pyridine rings is 1. The molecule has 27 heavy (non-hydrogen) atoms. The maximum absolute atomic E-state index is 12.7. The Bertz CT molecular complexity index is 1040. The van der Waals surface area contributed by atoms with Gasteiger partial charge in [-0.3, -0.25) is 14.5 Å². The Balaban J connectivity index is 1.79. The molecule has 0 radical (unpaired) electrons. The second kappa shape index (κ2) is 7.19. The molecule has 0 saturated carbocycles. The van der Waals surface area contributed by atoms with Crippen molar-refractivity contribution in [3.63, 3.8) is 0 Å². The number of fused-ring (bicyclic) bond motifs is 1. The summed E-state index contributed by atoms with van der Waals surface area (Å²) in [6.07, 6.45) is -0.955. The number of nitrogens with zero attached hydrogens (tertiary/aromatic N) is 3. The highest BCUT2D eigenvalue weighted by atomic mass is 16.5. The zero-order valence-corrected chi connectivity index (χ0v) is 16.0. The van der Waals surface area contributed by atoms with Crippen molar-refractivity contribution in [3.05, 3.63) is 53.0 Å². The van der Waals surface area contributed by atoms with Gasteiger partial charge < -0.3 is 10.1 Å². The first-order valence-corrected chi connectivity index (χ1v) is 8.66. The molecule has 0 aliphatic heterocycles. The van der Waals surface area contributed by atoms with Crippen molar-refractivity contribution in [2.45, 2.75) is 33.8 Å². The maximum atomic E-state index is 12.7. The van der Waals surface area contributed by atoms with Gasteiger partial charge in [0.1, 0.15) is 0 Å². The molecule has 3 rings (SSSR count). The van der Waals surface area contributed by atoms with Crippen LogP contribution in [0.5, 0.6) is 0 Å². The highest BCUT2D eigenvalue weighted by Gasteiger charge is 2.23. The normalized spacial score (nSPS) is 12.0. The Hall–Kier alpha value is -3.22. The molecule has 3 aromatic rings. The SMILES string of the molecule is Cc1cc(C(=O)O[C@H](C)C(=O)Nc2c(C)nn(C)c2C)c2ccccc2n1. The molecule has 0 fully saturated rings. The molecule has 1 amide bonds. The minimum absolute atomic E-state index is 0.395. The quantitative estimate of drug-likeness (QED) is 0.717. The summed E-state index contributed by atoms with van der Waals surface area (Å²) in [5.41, 5.74) is 3.98. The zero-order valence-electron chi connectivity index (χ0n) is 16.0. The van der Waals surface area contributed by atoms with Crippen LogP contribution >= 0.6 is 0 Å². The number of aryl methyl sites for hydroxylation is 3. The summed E-state index contributed by atoms with van der Waals surface area (Å²) < 4.78 is 7.10. The molecule has 2 heterocycles. The van der Waals surface area contributed by atoms with Crippen LogP contribution in [0, 0.1) is 20.8 Å². The third-order valence-electron chi connectivity index (χ3n) is 4.47. The Morgan fingerprint density at radius 1 is 1.19 bits per heavy atom. The number of carbonyl (C=O) groups is 2. The second-order valence-corrected chi connectivity index (χ2v) is 6.53. The van der Waals surface area contributed by atoms with Gasteiger partial charge in [-0.2, -0.15) is 5.10 Å². The Morgan fingerprint density at radius 3 is 2.56 bits per heavy atom. The van der Waals surface area contributed by atoms with Crippen LogP contribution in [0.1, 0.15) is 34.4 Å². The van der Waals surface area contributed by atoms with E-state index in [1.807, 2.05) is 45.0 Å². The third kappa shape index (κ3) is 3.67. The number of rotatable bonds is 4. The van der Waals surface area contributed by atoms with Gasteiger partial charge in [-0.25, -0.2) is 4.79 Å². The molecular formula is C20H22N4O3. The standard InChI is InChI=1S/C20H22N4O3/c1-11-10-16(15-8-6-7-9-17(15)21-11)20(26)27-14(4)19(25)22-18-12(2)23-24(5)13(18)3/h6-10,14H,1-5H3,(H,22,25)/t14-/m1/s1. The van der Waals surface area contributed by atoms with E-state index in [0.29, 0.717) is 33.5 Å². The van der Waals surface area contributed by atoms with Gasteiger partial charge in [-0.05, 0) is 39.8 Å². The lowest BCUT2D eigenvalue weighted by Crippen LogP contribution is -2.30. The van der Waals surface area contributed by atoms with Crippen molar-refractivity contribution in [2.24, 2.45) is 7.05 Å². The van der Waals surface area contributed by atoms with Crippen molar-refractivity contribution < 1.29 is 14.3 Å². The van der Waals surface area contributed by atoms with Crippen molar-refractivity contribution in [1.82, 2.24) is 14.8 Å². The number of hydrogen-bond donors (Lipinski definition) is 1. The molecule has 0 aliphatic rings. The van der Waals surface area contributed by atoms with E-state index in [1.54, 1.807) is 24.7 Å². The molecule has 140 valence electrons. The van der Waals surface area contributed by atoms with Crippen LogP contribution in [0.4, 0.5) is 5.69 Å². The van der Waals surface area contributed by atoms with E-state index in [2.05, 4.69) is 15.4 Å². The van der Waals surface area contributed by atoms with Gasteiger partial charge in [-0.1, -0.05) is 18.2 Å². The smallest absolute Gasteiger partial charge is 0.339 e. The number of amides is 1. The molecule has 2 aromatic heterocycles. The summed E-state index contributed by atoms with van der Waals surface area (Å²) in [6, 6.07) is 9.01. The number of esters is 1. The van der Waals surface area contributed by atoms with Gasteiger partial charge in [0.2, 0.25) is 0 Å². The second-order valence-electron chi connectivity index (χ2n) is 6.53. The van der Waals surface area contributed by atoms with Crippen molar-refractivity contribution in [2.75, 3.05) is 5.32 Å². The van der Waals surface area contributed by atoms with Crippen LogP contribution in [0.25, 0.3) is 10.9 Å². The highest BCUT2D eigenvalue weighted by molar-refractivity contribution is 6.05. The molecule has 1 N–H and O–H groups in total. The first-order valence-electron chi connectivity index (χ1n) is 8.66. The fourth-order valence-electron chi connectivity index (χ4n) is 2.93. The van der Waals surface area contributed by atoms with Gasteiger partial charge in [0.25, 0.3) is 5.91 Å². The van der Waals surface area contributed by atoms with Crippen molar-refractivity contribution in [3.8, 4) is 0 Å². The molecule has 0 spiro atoms. The van der Waals surface area contributed by atoms with Gasteiger partial charge >= 0.3 is 5.97 Å². The average Bonchev–Trinajstić information content (AvgIpc) is 2.86. The summed E-state index contributed by atoms with van der Waals surface area (Å²) in [5, 5.41) is 7.75. The largest absolute Gasteiger partial charge is 0.449 e. The van der Waals surface area contributed by atoms with Crippen LogP contribution in [-0.2, 0) is 16.6 Å². The summed E-state index contributed by atoms with van der Waals surface area (Å²) in [7, 11) is 1.80.